The second-order valence-electron chi connectivity index (χ2n) is 4.58. The molecule has 1 aliphatic heterocycles. The average molecular weight is 304 g/mol. The van der Waals surface area contributed by atoms with Crippen molar-refractivity contribution in [2.75, 3.05) is 18.4 Å². The van der Waals surface area contributed by atoms with Gasteiger partial charge in [0.25, 0.3) is 0 Å². The van der Waals surface area contributed by atoms with Gasteiger partial charge in [0.15, 0.2) is 0 Å². The number of halogens is 3. The summed E-state index contributed by atoms with van der Waals surface area (Å²) in [4.78, 5) is 12.1. The quantitative estimate of drug-likeness (QED) is 0.842. The van der Waals surface area contributed by atoms with E-state index in [0.717, 1.165) is 19.4 Å². The number of carbonyl (C=O) groups is 1. The summed E-state index contributed by atoms with van der Waals surface area (Å²) in [7, 11) is 0. The molecular weight excluding hydrogens is 289 g/mol. The molecule has 1 aliphatic rings. The van der Waals surface area contributed by atoms with Gasteiger partial charge in [-0.3, -0.25) is 4.79 Å². The Hall–Kier alpha value is -1.21. The van der Waals surface area contributed by atoms with E-state index < -0.39 is 5.51 Å². The van der Waals surface area contributed by atoms with Crippen molar-refractivity contribution in [3.8, 4) is 0 Å². The molecule has 0 spiro atoms. The molecule has 1 amide bonds. The third-order valence-corrected chi connectivity index (χ3v) is 3.85. The Kier molecular flexibility index (Phi) is 4.93. The normalized spacial score (nSPS) is 19.6. The Morgan fingerprint density at radius 2 is 2.10 bits per heavy atom. The van der Waals surface area contributed by atoms with Crippen LogP contribution in [0, 0.1) is 5.92 Å². The Labute approximate surface area is 119 Å². The highest BCUT2D eigenvalue weighted by Crippen LogP contribution is 2.40. The zero-order valence-corrected chi connectivity index (χ0v) is 11.5. The summed E-state index contributed by atoms with van der Waals surface area (Å²) in [6.45, 7) is 1.45. The fraction of sp³-hybridized carbons (Fsp3) is 0.462. The first-order valence-corrected chi connectivity index (χ1v) is 7.14. The topological polar surface area (TPSA) is 41.1 Å². The molecular formula is C13H15F3N2OS. The number of anilines is 1. The molecule has 0 unspecified atom stereocenters. The van der Waals surface area contributed by atoms with E-state index in [1.54, 1.807) is 6.07 Å². The summed E-state index contributed by atoms with van der Waals surface area (Å²) >= 11 is -0.214. The molecule has 1 aromatic carbocycles. The minimum absolute atomic E-state index is 0.0112. The van der Waals surface area contributed by atoms with Gasteiger partial charge in [0.2, 0.25) is 5.91 Å². The molecule has 3 nitrogen and oxygen atoms in total. The van der Waals surface area contributed by atoms with Crippen molar-refractivity contribution in [2.24, 2.45) is 5.92 Å². The molecule has 1 atom stereocenters. The largest absolute Gasteiger partial charge is 0.446 e. The number of hydrogen-bond acceptors (Lipinski definition) is 3. The predicted molar refractivity (Wildman–Crippen MR) is 72.6 cm³/mol. The van der Waals surface area contributed by atoms with Crippen molar-refractivity contribution in [1.29, 1.82) is 0 Å². The lowest BCUT2D eigenvalue weighted by Crippen LogP contribution is -2.37. The Bertz CT molecular complexity index is 473. The Morgan fingerprint density at radius 1 is 1.35 bits per heavy atom. The zero-order chi connectivity index (χ0) is 14.6. The van der Waals surface area contributed by atoms with E-state index >= 15 is 0 Å². The lowest BCUT2D eigenvalue weighted by Gasteiger charge is -2.22. The van der Waals surface area contributed by atoms with Crippen LogP contribution in [0.4, 0.5) is 18.9 Å². The average Bonchev–Trinajstić information content (AvgIpc) is 2.40. The van der Waals surface area contributed by atoms with Crippen LogP contribution in [0.25, 0.3) is 0 Å². The van der Waals surface area contributed by atoms with Gasteiger partial charge in [0, 0.05) is 11.4 Å². The molecule has 20 heavy (non-hydrogen) atoms. The first kappa shape index (κ1) is 15.2. The lowest BCUT2D eigenvalue weighted by molar-refractivity contribution is -0.120. The molecule has 1 saturated heterocycles. The van der Waals surface area contributed by atoms with Gasteiger partial charge in [0.1, 0.15) is 0 Å². The maximum Gasteiger partial charge on any atom is 0.446 e. The van der Waals surface area contributed by atoms with Gasteiger partial charge >= 0.3 is 5.51 Å². The van der Waals surface area contributed by atoms with Crippen molar-refractivity contribution >= 4 is 23.4 Å². The number of nitrogens with one attached hydrogen (secondary N) is 2. The standard InChI is InChI=1S/C13H15F3N2OS/c14-13(15,16)20-11-6-2-1-5-10(11)18-12(19)9-4-3-7-17-8-9/h1-2,5-6,9,17H,3-4,7-8H2,(H,18,19)/t9-/m1/s1. The maximum atomic E-state index is 12.5. The minimum atomic E-state index is -4.37. The number of para-hydroxylation sites is 1. The molecule has 0 radical (unpaired) electrons. The highest BCUT2D eigenvalue weighted by Gasteiger charge is 2.31. The van der Waals surface area contributed by atoms with Crippen molar-refractivity contribution in [3.05, 3.63) is 24.3 Å². The van der Waals surface area contributed by atoms with Crippen LogP contribution in [-0.2, 0) is 4.79 Å². The van der Waals surface area contributed by atoms with Gasteiger partial charge in [-0.05, 0) is 43.3 Å². The molecule has 0 aromatic heterocycles. The fourth-order valence-electron chi connectivity index (χ4n) is 2.09. The number of alkyl halides is 3. The molecule has 110 valence electrons. The monoisotopic (exact) mass is 304 g/mol. The number of thioether (sulfide) groups is 1. The van der Waals surface area contributed by atoms with Gasteiger partial charge in [-0.25, -0.2) is 0 Å². The Balaban J connectivity index is 2.06. The molecule has 2 N–H and O–H groups in total. The van der Waals surface area contributed by atoms with Crippen molar-refractivity contribution in [1.82, 2.24) is 5.32 Å². The first-order valence-electron chi connectivity index (χ1n) is 6.32. The van der Waals surface area contributed by atoms with E-state index in [2.05, 4.69) is 10.6 Å². The van der Waals surface area contributed by atoms with E-state index in [0.29, 0.717) is 6.54 Å². The van der Waals surface area contributed by atoms with Crippen LogP contribution in [0.3, 0.4) is 0 Å². The zero-order valence-electron chi connectivity index (χ0n) is 10.7. The van der Waals surface area contributed by atoms with Gasteiger partial charge in [0.05, 0.1) is 11.6 Å². The second-order valence-corrected chi connectivity index (χ2v) is 5.68. The molecule has 1 heterocycles. The van der Waals surface area contributed by atoms with Crippen LogP contribution in [0.2, 0.25) is 0 Å². The molecule has 0 aliphatic carbocycles. The third kappa shape index (κ3) is 4.42. The number of amides is 1. The summed E-state index contributed by atoms with van der Waals surface area (Å²) in [5.41, 5.74) is -4.15. The molecule has 0 saturated carbocycles. The first-order chi connectivity index (χ1) is 9.46. The van der Waals surface area contributed by atoms with Crippen LogP contribution < -0.4 is 10.6 Å². The lowest BCUT2D eigenvalue weighted by atomic mass is 9.99. The summed E-state index contributed by atoms with van der Waals surface area (Å²) in [5.74, 6) is -0.417. The summed E-state index contributed by atoms with van der Waals surface area (Å²) < 4.78 is 37.4. The van der Waals surface area contributed by atoms with E-state index in [1.807, 2.05) is 0 Å². The highest BCUT2D eigenvalue weighted by atomic mass is 32.2. The predicted octanol–water partition coefficient (Wildman–Crippen LogP) is 3.24. The SMILES string of the molecule is O=C(Nc1ccccc1SC(F)(F)F)[C@@H]1CCCNC1. The van der Waals surface area contributed by atoms with Gasteiger partial charge in [-0.2, -0.15) is 13.2 Å². The number of rotatable bonds is 3. The van der Waals surface area contributed by atoms with Crippen molar-refractivity contribution < 1.29 is 18.0 Å². The van der Waals surface area contributed by atoms with Gasteiger partial charge < -0.3 is 10.6 Å². The van der Waals surface area contributed by atoms with Gasteiger partial charge in [-0.15, -0.1) is 0 Å². The van der Waals surface area contributed by atoms with E-state index in [4.69, 9.17) is 0 Å². The van der Waals surface area contributed by atoms with E-state index in [1.165, 1.54) is 18.2 Å². The van der Waals surface area contributed by atoms with Crippen LogP contribution in [0.5, 0.6) is 0 Å². The van der Waals surface area contributed by atoms with Crippen LogP contribution in [-0.4, -0.2) is 24.5 Å². The number of piperidine rings is 1. The molecule has 2 rings (SSSR count). The van der Waals surface area contributed by atoms with Crippen molar-refractivity contribution in [2.45, 2.75) is 23.2 Å². The van der Waals surface area contributed by atoms with Gasteiger partial charge in [-0.1, -0.05) is 12.1 Å². The molecule has 0 bridgehead atoms. The van der Waals surface area contributed by atoms with E-state index in [9.17, 15) is 18.0 Å². The highest BCUT2D eigenvalue weighted by molar-refractivity contribution is 8.00. The van der Waals surface area contributed by atoms with Crippen molar-refractivity contribution in [3.63, 3.8) is 0 Å². The van der Waals surface area contributed by atoms with Crippen LogP contribution in [0.15, 0.2) is 29.2 Å². The number of benzene rings is 1. The third-order valence-electron chi connectivity index (χ3n) is 3.04. The number of carbonyl (C=O) groups excluding carboxylic acids is 1. The van der Waals surface area contributed by atoms with Crippen LogP contribution in [0.1, 0.15) is 12.8 Å². The number of hydrogen-bond donors (Lipinski definition) is 2. The molecule has 1 aromatic rings. The summed E-state index contributed by atoms with van der Waals surface area (Å²) in [6, 6.07) is 5.97. The summed E-state index contributed by atoms with van der Waals surface area (Å²) in [5, 5.41) is 5.71. The fourth-order valence-corrected chi connectivity index (χ4v) is 2.72. The molecule has 7 heteroatoms. The Morgan fingerprint density at radius 3 is 2.75 bits per heavy atom. The smallest absolute Gasteiger partial charge is 0.325 e. The summed E-state index contributed by atoms with van der Waals surface area (Å²) in [6.07, 6.45) is 1.66. The van der Waals surface area contributed by atoms with Crippen LogP contribution >= 0.6 is 11.8 Å². The second kappa shape index (κ2) is 6.49. The minimum Gasteiger partial charge on any atom is -0.325 e. The molecule has 1 fully saturated rings. The van der Waals surface area contributed by atoms with E-state index in [-0.39, 0.29) is 34.2 Å². The maximum absolute atomic E-state index is 12.5.